The molecule has 0 spiro atoms. The third kappa shape index (κ3) is 45.5. The first kappa shape index (κ1) is 54.3. The summed E-state index contributed by atoms with van der Waals surface area (Å²) >= 11 is 1.75. The maximum absolute atomic E-state index is 5.42. The van der Waals surface area contributed by atoms with Gasteiger partial charge in [0.1, 0.15) is 26.1 Å². The van der Waals surface area contributed by atoms with Crippen LogP contribution < -0.4 is 4.74 Å². The summed E-state index contributed by atoms with van der Waals surface area (Å²) in [7, 11) is 2.60. The minimum absolute atomic E-state index is 0.0699. The van der Waals surface area contributed by atoms with E-state index < -0.39 is 0 Å². The highest BCUT2D eigenvalue weighted by Gasteiger charge is 2.08. The van der Waals surface area contributed by atoms with Gasteiger partial charge >= 0.3 is 0 Å². The Hall–Kier alpha value is -0.822. The van der Waals surface area contributed by atoms with Gasteiger partial charge in [0.15, 0.2) is 0 Å². The minimum atomic E-state index is -0.0699. The molecule has 310 valence electrons. The Morgan fingerprint density at radius 3 is 1.34 bits per heavy atom. The van der Waals surface area contributed by atoms with Gasteiger partial charge in [-0.25, -0.2) is 0 Å². The number of methoxy groups -OCH3 is 1. The molecule has 0 aliphatic carbocycles. The zero-order chi connectivity index (χ0) is 39.5. The fourth-order valence-electron chi connectivity index (χ4n) is 4.09. The molecule has 53 heavy (non-hydrogen) atoms. The first-order chi connectivity index (χ1) is 25.8. The van der Waals surface area contributed by atoms with Crippen LogP contribution in [0.1, 0.15) is 57.6 Å². The smallest absolute Gasteiger partial charge is 0.147 e. The van der Waals surface area contributed by atoms with Crippen molar-refractivity contribution in [2.24, 2.45) is 0 Å². The number of thioether (sulfide) groups is 1. The quantitative estimate of drug-likeness (QED) is 0.0470. The van der Waals surface area contributed by atoms with Crippen LogP contribution in [0.4, 0.5) is 0 Å². The van der Waals surface area contributed by atoms with Crippen molar-refractivity contribution >= 4 is 49.8 Å². The van der Waals surface area contributed by atoms with E-state index in [-0.39, 0.29) is 34.2 Å². The van der Waals surface area contributed by atoms with E-state index in [4.69, 9.17) is 37.9 Å². The van der Waals surface area contributed by atoms with Crippen LogP contribution >= 0.6 is 11.8 Å². The van der Waals surface area contributed by atoms with Crippen molar-refractivity contribution in [3.63, 3.8) is 0 Å². The Labute approximate surface area is 339 Å². The lowest BCUT2D eigenvalue weighted by atomic mass is 10.2. The lowest BCUT2D eigenvalue weighted by molar-refractivity contribution is -0.119. The fourth-order valence-corrected chi connectivity index (χ4v) is 7.19. The highest BCUT2D eigenvalue weighted by atomic mass is 32.2. The maximum Gasteiger partial charge on any atom is 0.147 e. The van der Waals surface area contributed by atoms with Crippen molar-refractivity contribution in [3.05, 3.63) is 65.7 Å². The second kappa shape index (κ2) is 43.9. The van der Waals surface area contributed by atoms with E-state index in [2.05, 4.69) is 44.6 Å². The predicted molar refractivity (Wildman–Crippen MR) is 242 cm³/mol. The number of hydrogen-bond acceptors (Lipinski definition) is 9. The average Bonchev–Trinajstić information content (AvgIpc) is 3.16. The number of rotatable bonds is 29. The number of hydrogen-bond donors (Lipinski definition) is 0. The van der Waals surface area contributed by atoms with Gasteiger partial charge in [-0.2, -0.15) is 0 Å². The van der Waals surface area contributed by atoms with Crippen molar-refractivity contribution in [1.82, 2.24) is 0 Å². The summed E-state index contributed by atoms with van der Waals surface area (Å²) in [5.41, 5.74) is 2.26. The molecule has 0 radical (unpaired) electrons. The Bertz CT molecular complexity index is 954. The molecule has 0 aliphatic heterocycles. The van der Waals surface area contributed by atoms with Crippen LogP contribution in [0.25, 0.3) is 0 Å². The lowest BCUT2D eigenvalue weighted by Crippen LogP contribution is -2.21. The topological polar surface area (TPSA) is 73.8 Å². The highest BCUT2D eigenvalue weighted by Crippen LogP contribution is 2.12. The third-order valence-electron chi connectivity index (χ3n) is 7.22. The van der Waals surface area contributed by atoms with Crippen LogP contribution in [0, 0.1) is 0 Å². The van der Waals surface area contributed by atoms with Gasteiger partial charge in [0, 0.05) is 64.5 Å². The van der Waals surface area contributed by atoms with Gasteiger partial charge in [-0.3, -0.25) is 0 Å². The van der Waals surface area contributed by atoms with E-state index in [1.54, 1.807) is 18.9 Å². The van der Waals surface area contributed by atoms with Crippen LogP contribution in [-0.4, -0.2) is 110 Å². The molecule has 0 unspecified atom stereocenters. The average molecular weight is 833 g/mol. The van der Waals surface area contributed by atoms with Crippen molar-refractivity contribution < 1.29 is 37.9 Å². The molecule has 0 saturated heterocycles. The van der Waals surface area contributed by atoms with Crippen LogP contribution in [0.15, 0.2) is 54.6 Å². The largest absolute Gasteiger partial charge is 0.497 e. The van der Waals surface area contributed by atoms with Crippen LogP contribution in [0.3, 0.4) is 0 Å². The number of benzene rings is 2. The van der Waals surface area contributed by atoms with E-state index >= 15 is 0 Å². The summed E-state index contributed by atoms with van der Waals surface area (Å²) in [5.74, 6) is 1.74. The second-order valence-electron chi connectivity index (χ2n) is 13.5. The monoisotopic (exact) mass is 832 g/mol. The normalized spacial score (nSPS) is 11.6. The summed E-state index contributed by atoms with van der Waals surface area (Å²) < 4.78 is 42.6. The molecule has 0 amide bonds. The molecule has 13 heteroatoms. The van der Waals surface area contributed by atoms with Crippen LogP contribution in [0.5, 0.6) is 5.75 Å². The summed E-state index contributed by atoms with van der Waals surface area (Å²) in [5, 5.41) is 0. The SMILES string of the molecule is COc1ccc(COCOCCC[SiH2]C)cc1.C[SiH2]CCCOCOC(C)(C)C.C[SiH2]CCCOCOCc1ccccc1.C[SiH2]CCCOCSC. The van der Waals surface area contributed by atoms with Gasteiger partial charge in [-0.15, -0.1) is 11.8 Å². The molecule has 0 N–H and O–H groups in total. The predicted octanol–water partition coefficient (Wildman–Crippen LogP) is 7.56. The van der Waals surface area contributed by atoms with E-state index in [1.807, 2.05) is 63.2 Å². The van der Waals surface area contributed by atoms with Crippen molar-refractivity contribution in [3.8, 4) is 5.75 Å². The first-order valence-corrected chi connectivity index (χ1v) is 31.1. The molecule has 0 aliphatic rings. The molecule has 0 saturated carbocycles. The molecule has 2 rings (SSSR count). The molecule has 0 bridgehead atoms. The van der Waals surface area contributed by atoms with Gasteiger partial charge < -0.3 is 37.9 Å². The lowest BCUT2D eigenvalue weighted by Gasteiger charge is -2.19. The molecule has 0 fully saturated rings. The van der Waals surface area contributed by atoms with Crippen LogP contribution in [0.2, 0.25) is 50.4 Å². The number of ether oxygens (including phenoxy) is 8. The van der Waals surface area contributed by atoms with Gasteiger partial charge in [0.25, 0.3) is 0 Å². The first-order valence-electron chi connectivity index (χ1n) is 20.0. The Morgan fingerprint density at radius 2 is 0.943 bits per heavy atom. The van der Waals surface area contributed by atoms with Crippen molar-refractivity contribution in [1.29, 1.82) is 0 Å². The van der Waals surface area contributed by atoms with Gasteiger partial charge in [-0.05, 0) is 76.0 Å². The van der Waals surface area contributed by atoms with Crippen molar-refractivity contribution in [2.45, 2.75) is 116 Å². The maximum atomic E-state index is 5.42. The standard InChI is InChI=1S/C13H22O3Si.C12H20O2Si.C9H22O2Si.C6H16OSSi/c1-14-13-6-4-12(5-7-13)10-16-11-15-8-3-9-17-2;1-15-9-5-8-13-11-14-10-12-6-3-2-4-7-12;1-9(2,3)11-8-10-6-5-7-12-4;1-8-6-7-4-3-5-9-2/h4-7H,3,8-11,17H2,1-2H3;2-4,6-7H,5,8-11,15H2,1H3;5-8,12H2,1-4H3;3-6,9H2,1-2H3. The summed E-state index contributed by atoms with van der Waals surface area (Å²) in [4.78, 5) is 0. The Morgan fingerprint density at radius 1 is 0.528 bits per heavy atom. The second-order valence-corrected chi connectivity index (χ2v) is 21.2. The summed E-state index contributed by atoms with van der Waals surface area (Å²) in [6.07, 6.45) is 6.92. The minimum Gasteiger partial charge on any atom is -0.497 e. The Kier molecular flexibility index (Phi) is 45.0. The van der Waals surface area contributed by atoms with E-state index in [1.165, 1.54) is 55.4 Å². The molecule has 0 aromatic heterocycles. The molecule has 0 heterocycles. The highest BCUT2D eigenvalue weighted by molar-refractivity contribution is 7.98. The van der Waals surface area contributed by atoms with E-state index in [0.717, 1.165) is 43.7 Å². The molecule has 2 aromatic rings. The third-order valence-corrected chi connectivity index (χ3v) is 12.4. The van der Waals surface area contributed by atoms with Gasteiger partial charge in [0.2, 0.25) is 0 Å². The zero-order valence-electron chi connectivity index (χ0n) is 35.4. The summed E-state index contributed by atoms with van der Waals surface area (Å²) in [6, 6.07) is 23.6. The Balaban J connectivity index is 0. The molecular formula is C40H80O8SSi4. The van der Waals surface area contributed by atoms with Gasteiger partial charge in [0.05, 0.1) is 31.9 Å². The van der Waals surface area contributed by atoms with Gasteiger partial charge in [-0.1, -0.05) is 92.8 Å². The molecule has 2 aromatic carbocycles. The molecule has 8 nitrogen and oxygen atoms in total. The molecular weight excluding hydrogens is 753 g/mol. The van der Waals surface area contributed by atoms with E-state index in [9.17, 15) is 0 Å². The fraction of sp³-hybridized carbons (Fsp3) is 0.700. The summed E-state index contributed by atoms with van der Waals surface area (Å²) in [6.45, 7) is 21.4. The van der Waals surface area contributed by atoms with Crippen LogP contribution in [-0.2, 0) is 46.4 Å². The molecule has 0 atom stereocenters. The van der Waals surface area contributed by atoms with Crippen molar-refractivity contribution in [2.75, 3.05) is 66.1 Å². The zero-order valence-corrected chi connectivity index (χ0v) is 41.9. The van der Waals surface area contributed by atoms with E-state index in [0.29, 0.717) is 43.1 Å².